The number of rotatable bonds is 4. The number of aryl methyl sites for hydroxylation is 1. The van der Waals surface area contributed by atoms with Gasteiger partial charge in [-0.15, -0.1) is 0 Å². The van der Waals surface area contributed by atoms with E-state index in [4.69, 9.17) is 0 Å². The molecule has 0 saturated heterocycles. The highest BCUT2D eigenvalue weighted by atomic mass is 19.4. The van der Waals surface area contributed by atoms with E-state index in [9.17, 15) is 17.6 Å². The predicted molar refractivity (Wildman–Crippen MR) is 89.6 cm³/mol. The molecular weight excluding hydrogens is 348 g/mol. The molecular formula is C18H16F4N4. The molecule has 0 atom stereocenters. The lowest BCUT2D eigenvalue weighted by atomic mass is 10.1. The van der Waals surface area contributed by atoms with Crippen LogP contribution in [0, 0.1) is 19.7 Å². The molecule has 0 radical (unpaired) electrons. The Hall–Kier alpha value is -2.90. The van der Waals surface area contributed by atoms with Gasteiger partial charge in [0.15, 0.2) is 5.69 Å². The van der Waals surface area contributed by atoms with Gasteiger partial charge in [-0.3, -0.25) is 0 Å². The maximum Gasteiger partial charge on any atom is 0.435 e. The van der Waals surface area contributed by atoms with Gasteiger partial charge < -0.3 is 5.32 Å². The first-order valence-corrected chi connectivity index (χ1v) is 7.84. The summed E-state index contributed by atoms with van der Waals surface area (Å²) in [5, 5.41) is 6.65. The van der Waals surface area contributed by atoms with Crippen molar-refractivity contribution in [2.75, 3.05) is 5.32 Å². The molecule has 0 saturated carbocycles. The highest BCUT2D eigenvalue weighted by Crippen LogP contribution is 2.29. The molecule has 1 N–H and O–H groups in total. The van der Waals surface area contributed by atoms with E-state index in [-0.39, 0.29) is 5.82 Å². The van der Waals surface area contributed by atoms with Crippen LogP contribution in [0.3, 0.4) is 0 Å². The van der Waals surface area contributed by atoms with Crippen LogP contribution in [-0.2, 0) is 12.7 Å². The lowest BCUT2D eigenvalue weighted by molar-refractivity contribution is -0.141. The van der Waals surface area contributed by atoms with Crippen LogP contribution in [-0.4, -0.2) is 14.8 Å². The van der Waals surface area contributed by atoms with E-state index in [1.165, 1.54) is 16.9 Å². The quantitative estimate of drug-likeness (QED) is 0.685. The number of anilines is 1. The Labute approximate surface area is 147 Å². The summed E-state index contributed by atoms with van der Waals surface area (Å²) in [4.78, 5) is 4.19. The smallest absolute Gasteiger partial charge is 0.366 e. The summed E-state index contributed by atoms with van der Waals surface area (Å²) < 4.78 is 53.0. The Morgan fingerprint density at radius 3 is 2.50 bits per heavy atom. The molecule has 3 rings (SSSR count). The number of hydrogen-bond acceptors (Lipinski definition) is 3. The lowest BCUT2D eigenvalue weighted by Gasteiger charge is -2.10. The van der Waals surface area contributed by atoms with E-state index in [1.807, 2.05) is 6.07 Å². The summed E-state index contributed by atoms with van der Waals surface area (Å²) in [6, 6.07) is 9.08. The van der Waals surface area contributed by atoms with Gasteiger partial charge in [-0.1, -0.05) is 12.1 Å². The molecule has 2 aromatic heterocycles. The minimum Gasteiger partial charge on any atom is -0.366 e. The van der Waals surface area contributed by atoms with E-state index in [2.05, 4.69) is 15.4 Å². The molecule has 1 aromatic carbocycles. The average molecular weight is 364 g/mol. The molecule has 136 valence electrons. The summed E-state index contributed by atoms with van der Waals surface area (Å²) in [6.07, 6.45) is -3.06. The summed E-state index contributed by atoms with van der Waals surface area (Å²) in [5.41, 5.74) is 1.19. The number of alkyl halides is 3. The average Bonchev–Trinajstić information content (AvgIpc) is 2.99. The van der Waals surface area contributed by atoms with Crippen LogP contribution in [0.1, 0.15) is 22.5 Å². The third-order valence-electron chi connectivity index (χ3n) is 4.01. The number of pyridine rings is 1. The second-order valence-electron chi connectivity index (χ2n) is 5.86. The van der Waals surface area contributed by atoms with Crippen molar-refractivity contribution in [2.24, 2.45) is 0 Å². The molecule has 2 heterocycles. The van der Waals surface area contributed by atoms with Gasteiger partial charge in [-0.2, -0.15) is 18.3 Å². The van der Waals surface area contributed by atoms with Crippen molar-refractivity contribution in [2.45, 2.75) is 26.6 Å². The van der Waals surface area contributed by atoms with Crippen molar-refractivity contribution in [3.8, 4) is 5.69 Å². The fourth-order valence-electron chi connectivity index (χ4n) is 2.52. The third-order valence-corrected chi connectivity index (χ3v) is 4.01. The van der Waals surface area contributed by atoms with Crippen LogP contribution in [0.15, 0.2) is 42.6 Å². The maximum atomic E-state index is 13.5. The van der Waals surface area contributed by atoms with E-state index < -0.39 is 11.9 Å². The van der Waals surface area contributed by atoms with Crippen LogP contribution in [0.4, 0.5) is 23.4 Å². The summed E-state index contributed by atoms with van der Waals surface area (Å²) in [5.74, 6) is 0.250. The Morgan fingerprint density at radius 2 is 1.88 bits per heavy atom. The van der Waals surface area contributed by atoms with Gasteiger partial charge in [0.05, 0.1) is 11.9 Å². The molecule has 0 aliphatic heterocycles. The normalized spacial score (nSPS) is 11.6. The van der Waals surface area contributed by atoms with Crippen LogP contribution in [0.2, 0.25) is 0 Å². The lowest BCUT2D eigenvalue weighted by Crippen LogP contribution is -2.08. The van der Waals surface area contributed by atoms with Gasteiger partial charge in [-0.25, -0.2) is 14.1 Å². The van der Waals surface area contributed by atoms with Gasteiger partial charge in [0.1, 0.15) is 11.6 Å². The van der Waals surface area contributed by atoms with Gasteiger partial charge in [-0.05, 0) is 49.2 Å². The summed E-state index contributed by atoms with van der Waals surface area (Å²) in [6.45, 7) is 3.62. The number of nitrogens with zero attached hydrogens (tertiary/aromatic N) is 3. The first kappa shape index (κ1) is 17.9. The van der Waals surface area contributed by atoms with Crippen LogP contribution in [0.5, 0.6) is 0 Å². The zero-order valence-electron chi connectivity index (χ0n) is 14.1. The van der Waals surface area contributed by atoms with Gasteiger partial charge >= 0.3 is 6.18 Å². The van der Waals surface area contributed by atoms with Gasteiger partial charge in [0.25, 0.3) is 0 Å². The SMILES string of the molecule is Cc1c(F)cccc1CNc1ccc(-n2nc(C(F)(F)F)cc2C)cn1. The third kappa shape index (κ3) is 3.68. The van der Waals surface area contributed by atoms with Crippen molar-refractivity contribution in [3.05, 3.63) is 70.9 Å². The summed E-state index contributed by atoms with van der Waals surface area (Å²) >= 11 is 0. The molecule has 3 aromatic rings. The Morgan fingerprint density at radius 1 is 1.12 bits per heavy atom. The first-order valence-electron chi connectivity index (χ1n) is 7.84. The van der Waals surface area contributed by atoms with E-state index in [0.717, 1.165) is 11.6 Å². The molecule has 8 heteroatoms. The van der Waals surface area contributed by atoms with Crippen molar-refractivity contribution < 1.29 is 17.6 Å². The van der Waals surface area contributed by atoms with E-state index in [1.54, 1.807) is 32.0 Å². The van der Waals surface area contributed by atoms with Gasteiger partial charge in [0.2, 0.25) is 0 Å². The fraction of sp³-hybridized carbons (Fsp3) is 0.222. The molecule has 0 aliphatic carbocycles. The number of aromatic nitrogens is 3. The van der Waals surface area contributed by atoms with Crippen LogP contribution in [0.25, 0.3) is 5.69 Å². The molecule has 0 amide bonds. The second kappa shape index (κ2) is 6.78. The molecule has 0 bridgehead atoms. The zero-order chi connectivity index (χ0) is 18.9. The van der Waals surface area contributed by atoms with Crippen LogP contribution < -0.4 is 5.32 Å². The largest absolute Gasteiger partial charge is 0.435 e. The monoisotopic (exact) mass is 364 g/mol. The topological polar surface area (TPSA) is 42.7 Å². The van der Waals surface area contributed by atoms with Crippen molar-refractivity contribution in [3.63, 3.8) is 0 Å². The van der Waals surface area contributed by atoms with Crippen molar-refractivity contribution in [1.29, 1.82) is 0 Å². The Bertz CT molecular complexity index is 914. The Balaban J connectivity index is 1.75. The van der Waals surface area contributed by atoms with Gasteiger partial charge in [0, 0.05) is 12.2 Å². The van der Waals surface area contributed by atoms with Crippen molar-refractivity contribution >= 4 is 5.82 Å². The zero-order valence-corrected chi connectivity index (χ0v) is 14.1. The highest BCUT2D eigenvalue weighted by Gasteiger charge is 2.34. The van der Waals surface area contributed by atoms with Crippen molar-refractivity contribution in [1.82, 2.24) is 14.8 Å². The molecule has 26 heavy (non-hydrogen) atoms. The fourth-order valence-corrected chi connectivity index (χ4v) is 2.52. The Kier molecular flexibility index (Phi) is 4.67. The second-order valence-corrected chi connectivity index (χ2v) is 5.86. The minimum absolute atomic E-state index is 0.276. The highest BCUT2D eigenvalue weighted by molar-refractivity contribution is 5.42. The molecule has 0 spiro atoms. The number of nitrogens with one attached hydrogen (secondary N) is 1. The number of halogens is 4. The standard InChI is InChI=1S/C18H16F4N4/c1-11-8-16(18(20,21)22)25-26(11)14-6-7-17(24-10-14)23-9-13-4-3-5-15(19)12(13)2/h3-8,10H,9H2,1-2H3,(H,23,24). The first-order chi connectivity index (χ1) is 12.3. The number of hydrogen-bond donors (Lipinski definition) is 1. The minimum atomic E-state index is -4.49. The van der Waals surface area contributed by atoms with E-state index in [0.29, 0.717) is 29.3 Å². The molecule has 4 nitrogen and oxygen atoms in total. The van der Waals surface area contributed by atoms with Crippen LogP contribution >= 0.6 is 0 Å². The molecule has 0 fully saturated rings. The maximum absolute atomic E-state index is 13.5. The molecule has 0 unspecified atom stereocenters. The van der Waals surface area contributed by atoms with E-state index >= 15 is 0 Å². The number of benzene rings is 1. The predicted octanol–water partition coefficient (Wildman–Crippen LogP) is 4.65. The summed E-state index contributed by atoms with van der Waals surface area (Å²) in [7, 11) is 0. The molecule has 0 aliphatic rings.